The van der Waals surface area contributed by atoms with Gasteiger partial charge in [-0.05, 0) is 46.8 Å². The molecule has 11 heteroatoms. The van der Waals surface area contributed by atoms with Gasteiger partial charge in [0.1, 0.15) is 5.76 Å². The zero-order chi connectivity index (χ0) is 24.7. The molecule has 8 nitrogen and oxygen atoms in total. The number of benzene rings is 1. The molecule has 1 aromatic carbocycles. The van der Waals surface area contributed by atoms with Crippen molar-refractivity contribution < 1.29 is 9.32 Å². The maximum absolute atomic E-state index is 13.2. The van der Waals surface area contributed by atoms with Gasteiger partial charge in [0.05, 0.1) is 46.6 Å². The summed E-state index contributed by atoms with van der Waals surface area (Å²) in [7, 11) is 0. The summed E-state index contributed by atoms with van der Waals surface area (Å²) in [5.41, 5.74) is 5.09. The Kier molecular flexibility index (Phi) is 6.75. The van der Waals surface area contributed by atoms with Crippen LogP contribution in [-0.4, -0.2) is 30.6 Å². The molecule has 0 atom stereocenters. The number of hydrogen-bond donors (Lipinski definition) is 1. The zero-order valence-corrected chi connectivity index (χ0v) is 21.6. The van der Waals surface area contributed by atoms with Crippen molar-refractivity contribution >= 4 is 46.4 Å². The maximum Gasteiger partial charge on any atom is 0.278 e. The highest BCUT2D eigenvalue weighted by molar-refractivity contribution is 6.36. The quantitative estimate of drug-likeness (QED) is 0.340. The normalized spacial score (nSPS) is 11.3. The van der Waals surface area contributed by atoms with E-state index in [0.717, 1.165) is 22.6 Å². The molecule has 178 valence electrons. The standard InChI is InChI=1S/C23H23Cl3N6O2/c1-11-20(26)13(3)31(28-11)9-16-15(5)34-30-22(16)23(33)27-21-12(2)29-32(14(21)4)10-17-18(24)7-6-8-19(17)25/h6-8H,9-10H2,1-5H3,(H,27,33). The van der Waals surface area contributed by atoms with E-state index in [9.17, 15) is 4.79 Å². The van der Waals surface area contributed by atoms with E-state index in [-0.39, 0.29) is 5.69 Å². The van der Waals surface area contributed by atoms with Crippen molar-refractivity contribution in [1.82, 2.24) is 24.7 Å². The van der Waals surface area contributed by atoms with Crippen molar-refractivity contribution in [3.8, 4) is 0 Å². The van der Waals surface area contributed by atoms with E-state index in [4.69, 9.17) is 39.3 Å². The molecule has 3 aromatic heterocycles. The lowest BCUT2D eigenvalue weighted by atomic mass is 10.1. The predicted molar refractivity (Wildman–Crippen MR) is 132 cm³/mol. The van der Waals surface area contributed by atoms with Crippen LogP contribution in [0.25, 0.3) is 0 Å². The molecule has 0 bridgehead atoms. The van der Waals surface area contributed by atoms with Crippen molar-refractivity contribution in [3.63, 3.8) is 0 Å². The Morgan fingerprint density at radius 2 is 1.50 bits per heavy atom. The van der Waals surface area contributed by atoms with Crippen LogP contribution in [0.5, 0.6) is 0 Å². The molecule has 0 spiro atoms. The summed E-state index contributed by atoms with van der Waals surface area (Å²) in [4.78, 5) is 13.2. The van der Waals surface area contributed by atoms with Crippen LogP contribution in [0.1, 0.15) is 50.2 Å². The van der Waals surface area contributed by atoms with Gasteiger partial charge in [-0.2, -0.15) is 10.2 Å². The Bertz CT molecular complexity index is 1380. The molecule has 34 heavy (non-hydrogen) atoms. The van der Waals surface area contributed by atoms with Gasteiger partial charge in [-0.25, -0.2) is 0 Å². The van der Waals surface area contributed by atoms with Crippen LogP contribution < -0.4 is 5.32 Å². The number of amides is 1. The second-order valence-electron chi connectivity index (χ2n) is 8.07. The minimum absolute atomic E-state index is 0.182. The van der Waals surface area contributed by atoms with Crippen molar-refractivity contribution in [3.05, 3.63) is 78.6 Å². The molecule has 0 aliphatic rings. The first-order valence-corrected chi connectivity index (χ1v) is 11.6. The van der Waals surface area contributed by atoms with Gasteiger partial charge in [-0.1, -0.05) is 46.0 Å². The van der Waals surface area contributed by atoms with Crippen LogP contribution in [0.15, 0.2) is 22.7 Å². The van der Waals surface area contributed by atoms with Crippen molar-refractivity contribution in [2.45, 2.75) is 47.7 Å². The fourth-order valence-electron chi connectivity index (χ4n) is 3.77. The van der Waals surface area contributed by atoms with E-state index in [1.54, 1.807) is 34.5 Å². The van der Waals surface area contributed by atoms with Crippen LogP contribution in [-0.2, 0) is 13.1 Å². The molecule has 4 rings (SSSR count). The first-order chi connectivity index (χ1) is 16.1. The molecule has 1 amide bonds. The minimum atomic E-state index is -0.402. The summed E-state index contributed by atoms with van der Waals surface area (Å²) >= 11 is 18.9. The van der Waals surface area contributed by atoms with Crippen molar-refractivity contribution in [2.75, 3.05) is 5.32 Å². The number of aromatic nitrogens is 5. The topological polar surface area (TPSA) is 90.8 Å². The molecule has 0 saturated carbocycles. The molecule has 0 saturated heterocycles. The number of nitrogens with zero attached hydrogens (tertiary/aromatic N) is 5. The number of hydrogen-bond acceptors (Lipinski definition) is 5. The number of anilines is 1. The van der Waals surface area contributed by atoms with E-state index in [2.05, 4.69) is 20.7 Å². The Balaban J connectivity index is 1.60. The van der Waals surface area contributed by atoms with Gasteiger partial charge in [0.2, 0.25) is 0 Å². The molecular weight excluding hydrogens is 499 g/mol. The molecule has 0 aliphatic heterocycles. The van der Waals surface area contributed by atoms with Crippen molar-refractivity contribution in [1.29, 1.82) is 0 Å². The maximum atomic E-state index is 13.2. The van der Waals surface area contributed by atoms with Crippen molar-refractivity contribution in [2.24, 2.45) is 0 Å². The third-order valence-electron chi connectivity index (χ3n) is 5.79. The lowest BCUT2D eigenvalue weighted by Gasteiger charge is -2.10. The molecule has 0 fully saturated rings. The fourth-order valence-corrected chi connectivity index (χ4v) is 4.42. The highest BCUT2D eigenvalue weighted by Gasteiger charge is 2.24. The summed E-state index contributed by atoms with van der Waals surface area (Å²) in [6, 6.07) is 5.35. The van der Waals surface area contributed by atoms with Crippen LogP contribution in [0, 0.1) is 34.6 Å². The van der Waals surface area contributed by atoms with Crippen LogP contribution in [0.4, 0.5) is 5.69 Å². The number of carbonyl (C=O) groups excluding carboxylic acids is 1. The van der Waals surface area contributed by atoms with E-state index >= 15 is 0 Å². The molecule has 0 radical (unpaired) electrons. The van der Waals surface area contributed by atoms with Gasteiger partial charge >= 0.3 is 0 Å². The van der Waals surface area contributed by atoms with Gasteiger partial charge in [-0.3, -0.25) is 14.2 Å². The summed E-state index contributed by atoms with van der Waals surface area (Å²) in [5, 5.41) is 17.6. The van der Waals surface area contributed by atoms with Gasteiger partial charge in [0.15, 0.2) is 5.69 Å². The van der Waals surface area contributed by atoms with Crippen LogP contribution in [0.2, 0.25) is 15.1 Å². The summed E-state index contributed by atoms with van der Waals surface area (Å²) in [5.74, 6) is 0.132. The van der Waals surface area contributed by atoms with E-state index in [1.807, 2.05) is 27.7 Å². The van der Waals surface area contributed by atoms with E-state index in [0.29, 0.717) is 50.9 Å². The minimum Gasteiger partial charge on any atom is -0.361 e. The molecule has 3 heterocycles. The number of carbonyl (C=O) groups is 1. The highest BCUT2D eigenvalue weighted by atomic mass is 35.5. The van der Waals surface area contributed by atoms with E-state index < -0.39 is 5.91 Å². The van der Waals surface area contributed by atoms with Crippen LogP contribution >= 0.6 is 34.8 Å². The average molecular weight is 522 g/mol. The molecule has 4 aromatic rings. The Labute approximate surface area is 211 Å². The Morgan fingerprint density at radius 3 is 2.12 bits per heavy atom. The number of halogens is 3. The average Bonchev–Trinajstić information content (AvgIpc) is 3.36. The van der Waals surface area contributed by atoms with Gasteiger partial charge in [0, 0.05) is 21.2 Å². The van der Waals surface area contributed by atoms with Crippen LogP contribution in [0.3, 0.4) is 0 Å². The lowest BCUT2D eigenvalue weighted by Crippen LogP contribution is -2.17. The third kappa shape index (κ3) is 4.45. The highest BCUT2D eigenvalue weighted by Crippen LogP contribution is 2.28. The second kappa shape index (κ2) is 9.44. The molecule has 0 aliphatic carbocycles. The van der Waals surface area contributed by atoms with Gasteiger partial charge in [0.25, 0.3) is 5.91 Å². The Hall–Kier alpha value is -2.81. The lowest BCUT2D eigenvalue weighted by molar-refractivity contribution is 0.101. The second-order valence-corrected chi connectivity index (χ2v) is 9.26. The predicted octanol–water partition coefficient (Wildman–Crippen LogP) is 5.92. The zero-order valence-electron chi connectivity index (χ0n) is 19.3. The Morgan fingerprint density at radius 1 is 0.912 bits per heavy atom. The monoisotopic (exact) mass is 520 g/mol. The SMILES string of the molecule is Cc1nn(Cc2c(C(=O)Nc3c(C)nn(Cc4c(Cl)cccc4Cl)c3C)noc2C)c(C)c1Cl. The largest absolute Gasteiger partial charge is 0.361 e. The van der Waals surface area contributed by atoms with Gasteiger partial charge < -0.3 is 9.84 Å². The summed E-state index contributed by atoms with van der Waals surface area (Å²) in [6.45, 7) is 9.83. The van der Waals surface area contributed by atoms with Gasteiger partial charge in [-0.15, -0.1) is 0 Å². The molecular formula is C23H23Cl3N6O2. The first-order valence-electron chi connectivity index (χ1n) is 10.5. The summed E-state index contributed by atoms with van der Waals surface area (Å²) < 4.78 is 8.83. The van der Waals surface area contributed by atoms with E-state index in [1.165, 1.54) is 0 Å². The summed E-state index contributed by atoms with van der Waals surface area (Å²) in [6.07, 6.45) is 0. The number of rotatable bonds is 6. The fraction of sp³-hybridized carbons (Fsp3) is 0.304. The number of nitrogens with one attached hydrogen (secondary N) is 1. The smallest absolute Gasteiger partial charge is 0.278 e. The molecule has 1 N–H and O–H groups in total. The number of aryl methyl sites for hydroxylation is 3. The third-order valence-corrected chi connectivity index (χ3v) is 7.05. The molecule has 0 unspecified atom stereocenters. The first kappa shape index (κ1) is 24.3.